The van der Waals surface area contributed by atoms with Crippen LogP contribution in [0.5, 0.6) is 0 Å². The number of rotatable bonds is 3. The average molecular weight is 318 g/mol. The van der Waals surface area contributed by atoms with Crippen LogP contribution in [0.15, 0.2) is 60.8 Å². The Balaban J connectivity index is 2.14. The molecule has 3 aromatic rings. The Labute approximate surface area is 137 Å². The first-order valence-corrected chi connectivity index (χ1v) is 7.07. The highest BCUT2D eigenvalue weighted by Gasteiger charge is 2.17. The van der Waals surface area contributed by atoms with Crippen LogP contribution in [0.1, 0.15) is 10.4 Å². The van der Waals surface area contributed by atoms with E-state index in [0.717, 1.165) is 17.2 Å². The van der Waals surface area contributed by atoms with E-state index in [0.29, 0.717) is 11.3 Å². The summed E-state index contributed by atoms with van der Waals surface area (Å²) in [5.74, 6) is -2.27. The maximum atomic E-state index is 14.3. The minimum atomic E-state index is -1.36. The molecule has 2 aromatic carbocycles. The SMILES string of the molecule is [C-]#[N+]c1cc(-c2nccc(C(=O)O)c2F)ccc1-c1ccccc1. The van der Waals surface area contributed by atoms with Gasteiger partial charge >= 0.3 is 5.97 Å². The monoisotopic (exact) mass is 318 g/mol. The molecule has 1 aromatic heterocycles. The number of nitrogens with zero attached hydrogens (tertiary/aromatic N) is 2. The second-order valence-corrected chi connectivity index (χ2v) is 5.04. The molecule has 0 atom stereocenters. The largest absolute Gasteiger partial charge is 0.478 e. The Kier molecular flexibility index (Phi) is 4.04. The molecule has 0 aliphatic rings. The summed E-state index contributed by atoms with van der Waals surface area (Å²) in [6.45, 7) is 7.37. The number of carboxylic acid groups (broad SMARTS) is 1. The zero-order chi connectivity index (χ0) is 17.1. The van der Waals surface area contributed by atoms with Gasteiger partial charge in [-0.25, -0.2) is 14.0 Å². The average Bonchev–Trinajstić information content (AvgIpc) is 2.62. The molecule has 0 radical (unpaired) electrons. The minimum Gasteiger partial charge on any atom is -0.478 e. The Morgan fingerprint density at radius 1 is 1.08 bits per heavy atom. The van der Waals surface area contributed by atoms with Crippen molar-refractivity contribution in [3.8, 4) is 22.4 Å². The first-order valence-electron chi connectivity index (χ1n) is 7.07. The number of aromatic carboxylic acids is 1. The summed E-state index contributed by atoms with van der Waals surface area (Å²) in [5.41, 5.74) is 1.78. The van der Waals surface area contributed by atoms with Crippen LogP contribution < -0.4 is 0 Å². The van der Waals surface area contributed by atoms with Crippen molar-refractivity contribution in [3.05, 3.63) is 83.6 Å². The summed E-state index contributed by atoms with van der Waals surface area (Å²) >= 11 is 0. The van der Waals surface area contributed by atoms with Gasteiger partial charge in [0.05, 0.1) is 12.1 Å². The molecule has 0 saturated heterocycles. The van der Waals surface area contributed by atoms with Crippen LogP contribution in [-0.2, 0) is 0 Å². The van der Waals surface area contributed by atoms with Crippen LogP contribution in [0.25, 0.3) is 27.2 Å². The van der Waals surface area contributed by atoms with Crippen LogP contribution in [0, 0.1) is 12.4 Å². The zero-order valence-corrected chi connectivity index (χ0v) is 12.4. The Hall–Kier alpha value is -3.52. The first-order chi connectivity index (χ1) is 11.6. The van der Waals surface area contributed by atoms with Crippen molar-refractivity contribution in [2.75, 3.05) is 0 Å². The molecule has 0 aliphatic carbocycles. The van der Waals surface area contributed by atoms with Crippen LogP contribution in [0.3, 0.4) is 0 Å². The maximum absolute atomic E-state index is 14.3. The van der Waals surface area contributed by atoms with Gasteiger partial charge in [-0.3, -0.25) is 4.98 Å². The van der Waals surface area contributed by atoms with Crippen molar-refractivity contribution in [2.45, 2.75) is 0 Å². The van der Waals surface area contributed by atoms with Gasteiger partial charge in [0.1, 0.15) is 5.69 Å². The third-order valence-corrected chi connectivity index (χ3v) is 3.60. The molecule has 5 heteroatoms. The highest BCUT2D eigenvalue weighted by Crippen LogP contribution is 2.34. The molecular formula is C19H11FN2O2. The lowest BCUT2D eigenvalue weighted by Crippen LogP contribution is -2.03. The van der Waals surface area contributed by atoms with Gasteiger partial charge in [0.15, 0.2) is 11.5 Å². The van der Waals surface area contributed by atoms with E-state index in [1.165, 1.54) is 12.3 Å². The summed E-state index contributed by atoms with van der Waals surface area (Å²) in [5, 5.41) is 9.01. The topological polar surface area (TPSA) is 54.5 Å². The zero-order valence-electron chi connectivity index (χ0n) is 12.4. The van der Waals surface area contributed by atoms with Crippen LogP contribution in [0.4, 0.5) is 10.1 Å². The van der Waals surface area contributed by atoms with Crippen molar-refractivity contribution in [1.29, 1.82) is 0 Å². The molecule has 3 rings (SSSR count). The Morgan fingerprint density at radius 3 is 2.50 bits per heavy atom. The molecule has 0 bridgehead atoms. The maximum Gasteiger partial charge on any atom is 0.338 e. The Bertz CT molecular complexity index is 963. The van der Waals surface area contributed by atoms with Gasteiger partial charge in [-0.1, -0.05) is 42.5 Å². The van der Waals surface area contributed by atoms with E-state index in [9.17, 15) is 9.18 Å². The van der Waals surface area contributed by atoms with E-state index in [-0.39, 0.29) is 5.69 Å². The van der Waals surface area contributed by atoms with Gasteiger partial charge in [-0.2, -0.15) is 0 Å². The molecule has 24 heavy (non-hydrogen) atoms. The van der Waals surface area contributed by atoms with Crippen LogP contribution in [-0.4, -0.2) is 16.1 Å². The quantitative estimate of drug-likeness (QED) is 0.705. The van der Waals surface area contributed by atoms with Crippen molar-refractivity contribution >= 4 is 11.7 Å². The lowest BCUT2D eigenvalue weighted by atomic mass is 9.99. The number of pyridine rings is 1. The summed E-state index contributed by atoms with van der Waals surface area (Å²) in [6, 6.07) is 15.4. The number of halogens is 1. The molecule has 4 nitrogen and oxygen atoms in total. The van der Waals surface area contributed by atoms with E-state index in [1.807, 2.05) is 30.3 Å². The number of benzene rings is 2. The van der Waals surface area contributed by atoms with E-state index < -0.39 is 17.3 Å². The number of carboxylic acids is 1. The van der Waals surface area contributed by atoms with Crippen LogP contribution in [0.2, 0.25) is 0 Å². The molecule has 0 unspecified atom stereocenters. The number of hydrogen-bond donors (Lipinski definition) is 1. The molecule has 0 saturated carbocycles. The van der Waals surface area contributed by atoms with Crippen LogP contribution >= 0.6 is 0 Å². The van der Waals surface area contributed by atoms with Crippen molar-refractivity contribution in [3.63, 3.8) is 0 Å². The standard InChI is InChI=1S/C19H11FN2O2/c1-21-16-11-13(7-8-14(16)12-5-3-2-4-6-12)18-17(20)15(19(23)24)9-10-22-18/h2-11H,(H,23,24). The second kappa shape index (κ2) is 6.31. The lowest BCUT2D eigenvalue weighted by molar-refractivity contribution is 0.0692. The van der Waals surface area contributed by atoms with Gasteiger partial charge in [-0.15, -0.1) is 0 Å². The highest BCUT2D eigenvalue weighted by molar-refractivity contribution is 5.90. The Morgan fingerprint density at radius 2 is 1.83 bits per heavy atom. The molecule has 1 heterocycles. The van der Waals surface area contributed by atoms with Crippen molar-refractivity contribution < 1.29 is 14.3 Å². The fraction of sp³-hybridized carbons (Fsp3) is 0. The number of carbonyl (C=O) groups is 1. The predicted octanol–water partition coefficient (Wildman–Crippen LogP) is 4.80. The molecule has 1 N–H and O–H groups in total. The third-order valence-electron chi connectivity index (χ3n) is 3.60. The van der Waals surface area contributed by atoms with Gasteiger partial charge in [0, 0.05) is 6.20 Å². The fourth-order valence-corrected chi connectivity index (χ4v) is 2.44. The molecule has 0 spiro atoms. The fourth-order valence-electron chi connectivity index (χ4n) is 2.44. The summed E-state index contributed by atoms with van der Waals surface area (Å²) in [6.07, 6.45) is 1.24. The molecule has 0 aliphatic heterocycles. The van der Waals surface area contributed by atoms with E-state index >= 15 is 0 Å². The smallest absolute Gasteiger partial charge is 0.338 e. The molecule has 0 amide bonds. The highest BCUT2D eigenvalue weighted by atomic mass is 19.1. The summed E-state index contributed by atoms with van der Waals surface area (Å²) < 4.78 is 14.3. The predicted molar refractivity (Wildman–Crippen MR) is 88.3 cm³/mol. The van der Waals surface area contributed by atoms with E-state index in [1.54, 1.807) is 12.1 Å². The lowest BCUT2D eigenvalue weighted by Gasteiger charge is -2.09. The summed E-state index contributed by atoms with van der Waals surface area (Å²) in [7, 11) is 0. The molecule has 116 valence electrons. The van der Waals surface area contributed by atoms with Gasteiger partial charge in [-0.05, 0) is 28.8 Å². The number of hydrogen-bond acceptors (Lipinski definition) is 2. The first kappa shape index (κ1) is 15.4. The number of aromatic nitrogens is 1. The van der Waals surface area contributed by atoms with E-state index in [2.05, 4.69) is 9.83 Å². The van der Waals surface area contributed by atoms with E-state index in [4.69, 9.17) is 11.7 Å². The van der Waals surface area contributed by atoms with Gasteiger partial charge in [0.2, 0.25) is 0 Å². The van der Waals surface area contributed by atoms with Crippen molar-refractivity contribution in [2.24, 2.45) is 0 Å². The van der Waals surface area contributed by atoms with Gasteiger partial charge in [0.25, 0.3) is 0 Å². The van der Waals surface area contributed by atoms with Crippen molar-refractivity contribution in [1.82, 2.24) is 4.98 Å². The minimum absolute atomic E-state index is 0.0839. The third kappa shape index (κ3) is 2.73. The normalized spacial score (nSPS) is 10.2. The summed E-state index contributed by atoms with van der Waals surface area (Å²) in [4.78, 5) is 18.5. The van der Waals surface area contributed by atoms with Gasteiger partial charge < -0.3 is 5.11 Å². The molecule has 0 fully saturated rings. The second-order valence-electron chi connectivity index (χ2n) is 5.04. The molecular weight excluding hydrogens is 307 g/mol.